The Morgan fingerprint density at radius 3 is 1.00 bits per heavy atom. The standard InChI is InChI=1S/C19H16O3S.C18H15S/c20-23(21,22)18-13-11-17(12-14-18)19(15-7-3-1-4-8-15)16-9-5-2-6-10-16;1-4-10-16(11-5-1)19(17-12-6-2-7-13-17)18-14-8-3-9-15-18/h1-14,19H,(H,20,21,22);1-15H/q;+1/p-1. The average molecular weight is 587 g/mol. The molecule has 0 aromatic heterocycles. The summed E-state index contributed by atoms with van der Waals surface area (Å²) < 4.78 is 33.3. The highest BCUT2D eigenvalue weighted by molar-refractivity contribution is 7.97. The first-order valence-corrected chi connectivity index (χ1v) is 16.2. The van der Waals surface area contributed by atoms with Gasteiger partial charge < -0.3 is 4.55 Å². The van der Waals surface area contributed by atoms with Crippen molar-refractivity contribution in [1.29, 1.82) is 0 Å². The summed E-state index contributed by atoms with van der Waals surface area (Å²) in [6.45, 7) is 0. The van der Waals surface area contributed by atoms with Crippen LogP contribution < -0.4 is 0 Å². The van der Waals surface area contributed by atoms with E-state index >= 15 is 0 Å². The van der Waals surface area contributed by atoms with Gasteiger partial charge in [0.15, 0.2) is 14.7 Å². The van der Waals surface area contributed by atoms with Crippen molar-refractivity contribution in [3.8, 4) is 0 Å². The molecule has 0 spiro atoms. The van der Waals surface area contributed by atoms with Gasteiger partial charge in [-0.15, -0.1) is 0 Å². The van der Waals surface area contributed by atoms with Crippen molar-refractivity contribution in [2.24, 2.45) is 0 Å². The molecule has 42 heavy (non-hydrogen) atoms. The quantitative estimate of drug-likeness (QED) is 0.107. The van der Waals surface area contributed by atoms with Crippen molar-refractivity contribution >= 4 is 21.0 Å². The van der Waals surface area contributed by atoms with Gasteiger partial charge in [-0.1, -0.05) is 127 Å². The smallest absolute Gasteiger partial charge is 0.166 e. The summed E-state index contributed by atoms with van der Waals surface area (Å²) in [6.07, 6.45) is 0. The molecule has 0 heterocycles. The summed E-state index contributed by atoms with van der Waals surface area (Å²) in [5.41, 5.74) is 3.16. The summed E-state index contributed by atoms with van der Waals surface area (Å²) in [5.74, 6) is -0.0131. The van der Waals surface area contributed by atoms with E-state index in [0.717, 1.165) is 16.7 Å². The molecule has 6 rings (SSSR count). The molecule has 0 N–H and O–H groups in total. The van der Waals surface area contributed by atoms with E-state index in [0.29, 0.717) is 0 Å². The Kier molecular flexibility index (Phi) is 9.67. The van der Waals surface area contributed by atoms with Gasteiger partial charge >= 0.3 is 0 Å². The van der Waals surface area contributed by atoms with Gasteiger partial charge in [0, 0.05) is 5.92 Å². The van der Waals surface area contributed by atoms with Gasteiger partial charge in [0.05, 0.1) is 15.8 Å². The number of rotatable bonds is 7. The highest BCUT2D eigenvalue weighted by Crippen LogP contribution is 2.32. The lowest BCUT2D eigenvalue weighted by molar-refractivity contribution is 0.463. The molecular formula is C37H30O3S2. The lowest BCUT2D eigenvalue weighted by Gasteiger charge is -2.19. The Morgan fingerprint density at radius 1 is 0.405 bits per heavy atom. The Balaban J connectivity index is 0.000000171. The van der Waals surface area contributed by atoms with Gasteiger partial charge in [0.2, 0.25) is 0 Å². The van der Waals surface area contributed by atoms with Crippen molar-refractivity contribution in [3.05, 3.63) is 193 Å². The monoisotopic (exact) mass is 586 g/mol. The van der Waals surface area contributed by atoms with E-state index in [1.807, 2.05) is 60.7 Å². The van der Waals surface area contributed by atoms with Crippen LogP contribution in [-0.4, -0.2) is 13.0 Å². The topological polar surface area (TPSA) is 57.2 Å². The number of hydrogen-bond donors (Lipinski definition) is 0. The molecule has 0 bridgehead atoms. The zero-order valence-corrected chi connectivity index (χ0v) is 24.5. The molecule has 0 aliphatic rings. The van der Waals surface area contributed by atoms with Crippen molar-refractivity contribution in [2.45, 2.75) is 25.5 Å². The molecule has 0 unspecified atom stereocenters. The SMILES string of the molecule is O=S(=O)([O-])c1ccc(C(c2ccccc2)c2ccccc2)cc1.c1ccc([S+](c2ccccc2)c2ccccc2)cc1. The maximum Gasteiger partial charge on any atom is 0.166 e. The van der Waals surface area contributed by atoms with Gasteiger partial charge in [-0.3, -0.25) is 0 Å². The molecule has 0 saturated heterocycles. The van der Waals surface area contributed by atoms with Gasteiger partial charge in [-0.05, 0) is 65.2 Å². The van der Waals surface area contributed by atoms with Crippen LogP contribution in [0.25, 0.3) is 0 Å². The molecular weight excluding hydrogens is 557 g/mol. The molecule has 3 nitrogen and oxygen atoms in total. The fraction of sp³-hybridized carbons (Fsp3) is 0.0270. The van der Waals surface area contributed by atoms with Crippen LogP contribution in [0.15, 0.2) is 196 Å². The number of benzene rings is 6. The Morgan fingerprint density at radius 2 is 0.690 bits per heavy atom. The second-order valence-corrected chi connectivity index (χ2v) is 12.9. The number of hydrogen-bond acceptors (Lipinski definition) is 3. The molecule has 0 saturated carbocycles. The van der Waals surface area contributed by atoms with Crippen LogP contribution >= 0.6 is 0 Å². The molecule has 5 heteroatoms. The second kappa shape index (κ2) is 14.0. The van der Waals surface area contributed by atoms with E-state index in [-0.39, 0.29) is 21.7 Å². The second-order valence-electron chi connectivity index (χ2n) is 9.52. The summed E-state index contributed by atoms with van der Waals surface area (Å²) in [4.78, 5) is 3.88. The Hall–Kier alpha value is -4.42. The third-order valence-electron chi connectivity index (χ3n) is 6.70. The normalized spacial score (nSPS) is 11.1. The highest BCUT2D eigenvalue weighted by atomic mass is 32.2. The third kappa shape index (κ3) is 7.45. The van der Waals surface area contributed by atoms with Crippen LogP contribution in [0.5, 0.6) is 0 Å². The summed E-state index contributed by atoms with van der Waals surface area (Å²) in [6, 6.07) is 58.3. The van der Waals surface area contributed by atoms with Crippen LogP contribution in [0, 0.1) is 0 Å². The van der Waals surface area contributed by atoms with E-state index in [2.05, 4.69) is 91.0 Å². The predicted octanol–water partition coefficient (Wildman–Crippen LogP) is 8.55. The van der Waals surface area contributed by atoms with Crippen molar-refractivity contribution in [1.82, 2.24) is 0 Å². The average Bonchev–Trinajstić information content (AvgIpc) is 3.04. The minimum Gasteiger partial charge on any atom is -0.744 e. The minimum absolute atomic E-state index is 0.0131. The maximum atomic E-state index is 11.1. The molecule has 6 aromatic carbocycles. The zero-order chi connectivity index (χ0) is 29.2. The zero-order valence-electron chi connectivity index (χ0n) is 22.9. The molecule has 0 fully saturated rings. The van der Waals surface area contributed by atoms with Crippen LogP contribution in [-0.2, 0) is 21.0 Å². The molecule has 208 valence electrons. The maximum absolute atomic E-state index is 11.1. The van der Waals surface area contributed by atoms with Gasteiger partial charge in [0.1, 0.15) is 10.1 Å². The van der Waals surface area contributed by atoms with Crippen molar-refractivity contribution < 1.29 is 13.0 Å². The van der Waals surface area contributed by atoms with Gasteiger partial charge in [-0.25, -0.2) is 8.42 Å². The van der Waals surface area contributed by atoms with Crippen molar-refractivity contribution in [2.75, 3.05) is 0 Å². The first-order chi connectivity index (χ1) is 20.5. The van der Waals surface area contributed by atoms with Crippen molar-refractivity contribution in [3.63, 3.8) is 0 Å². The van der Waals surface area contributed by atoms with Gasteiger partial charge in [-0.2, -0.15) is 0 Å². The lowest BCUT2D eigenvalue weighted by Crippen LogP contribution is -2.04. The van der Waals surface area contributed by atoms with E-state index in [9.17, 15) is 13.0 Å². The van der Waals surface area contributed by atoms with Crippen LogP contribution in [0.1, 0.15) is 22.6 Å². The van der Waals surface area contributed by atoms with E-state index in [4.69, 9.17) is 0 Å². The van der Waals surface area contributed by atoms with Crippen LogP contribution in [0.2, 0.25) is 0 Å². The molecule has 0 atom stereocenters. The fourth-order valence-electron chi connectivity index (χ4n) is 4.77. The minimum atomic E-state index is -4.42. The first-order valence-electron chi connectivity index (χ1n) is 13.6. The molecule has 0 amide bonds. The first kappa shape index (κ1) is 29.1. The lowest BCUT2D eigenvalue weighted by atomic mass is 9.85. The highest BCUT2D eigenvalue weighted by Gasteiger charge is 2.27. The summed E-state index contributed by atoms with van der Waals surface area (Å²) in [5, 5.41) is 0. The van der Waals surface area contributed by atoms with Gasteiger partial charge in [0.25, 0.3) is 0 Å². The Bertz CT molecular complexity index is 1630. The van der Waals surface area contributed by atoms with E-state index < -0.39 is 10.1 Å². The molecule has 0 aliphatic carbocycles. The third-order valence-corrected chi connectivity index (χ3v) is 9.78. The molecule has 6 aromatic rings. The molecule has 0 aliphatic heterocycles. The molecule has 0 radical (unpaired) electrons. The van der Waals surface area contributed by atoms with E-state index in [1.54, 1.807) is 12.1 Å². The summed E-state index contributed by atoms with van der Waals surface area (Å²) in [7, 11) is -4.44. The largest absolute Gasteiger partial charge is 0.744 e. The predicted molar refractivity (Wildman–Crippen MR) is 170 cm³/mol. The van der Waals surface area contributed by atoms with Crippen LogP contribution in [0.3, 0.4) is 0 Å². The fourth-order valence-corrected chi connectivity index (χ4v) is 7.35. The van der Waals surface area contributed by atoms with Crippen LogP contribution in [0.4, 0.5) is 0 Å². The Labute approximate surface area is 251 Å². The van der Waals surface area contributed by atoms with E-state index in [1.165, 1.54) is 26.8 Å². The summed E-state index contributed by atoms with van der Waals surface area (Å²) >= 11 is 0.